The molecule has 2 aromatic carbocycles. The lowest BCUT2D eigenvalue weighted by Crippen LogP contribution is -2.52. The van der Waals surface area contributed by atoms with Crippen molar-refractivity contribution in [3.8, 4) is 5.75 Å². The summed E-state index contributed by atoms with van der Waals surface area (Å²) in [5.41, 5.74) is 0.922. The van der Waals surface area contributed by atoms with Crippen LogP contribution in [0.15, 0.2) is 54.6 Å². The van der Waals surface area contributed by atoms with Crippen LogP contribution in [0.1, 0.15) is 50.7 Å². The Labute approximate surface area is 212 Å². The second-order valence-electron chi connectivity index (χ2n) is 9.71. The molecular weight excluding hydrogens is 460 g/mol. The molecule has 0 aromatic heterocycles. The Balaban J connectivity index is 1.62. The van der Waals surface area contributed by atoms with Crippen LogP contribution in [0.4, 0.5) is 0 Å². The third kappa shape index (κ3) is 8.09. The lowest BCUT2D eigenvalue weighted by Gasteiger charge is -2.32. The summed E-state index contributed by atoms with van der Waals surface area (Å²) in [5, 5.41) is 15.6. The van der Waals surface area contributed by atoms with Crippen molar-refractivity contribution in [2.75, 3.05) is 7.11 Å². The topological polar surface area (TPSA) is 114 Å². The van der Waals surface area contributed by atoms with Gasteiger partial charge in [-0.15, -0.1) is 0 Å². The third-order valence-corrected chi connectivity index (χ3v) is 6.61. The molecule has 0 heterocycles. The van der Waals surface area contributed by atoms with E-state index in [4.69, 9.17) is 9.47 Å². The molecule has 8 nitrogen and oxygen atoms in total. The Bertz CT molecular complexity index is 1010. The summed E-state index contributed by atoms with van der Waals surface area (Å²) in [5.74, 6) is -0.804. The first-order valence-corrected chi connectivity index (χ1v) is 12.3. The van der Waals surface area contributed by atoms with Gasteiger partial charge in [0, 0.05) is 12.3 Å². The van der Waals surface area contributed by atoms with E-state index in [9.17, 15) is 19.5 Å². The minimum absolute atomic E-state index is 0.0897. The first-order chi connectivity index (χ1) is 17.2. The maximum Gasteiger partial charge on any atom is 0.329 e. The van der Waals surface area contributed by atoms with Crippen molar-refractivity contribution < 1.29 is 29.0 Å². The fourth-order valence-electron chi connectivity index (χ4n) is 4.22. The number of carbonyl (C=O) groups is 3. The van der Waals surface area contributed by atoms with Crippen molar-refractivity contribution in [2.45, 2.75) is 70.2 Å². The molecule has 1 saturated carbocycles. The highest BCUT2D eigenvalue weighted by Gasteiger charge is 2.33. The average molecular weight is 497 g/mol. The van der Waals surface area contributed by atoms with Gasteiger partial charge in [0.2, 0.25) is 11.8 Å². The van der Waals surface area contributed by atoms with Crippen molar-refractivity contribution >= 4 is 17.8 Å². The van der Waals surface area contributed by atoms with Crippen LogP contribution in [0.2, 0.25) is 0 Å². The smallest absolute Gasteiger partial charge is 0.329 e. The molecule has 36 heavy (non-hydrogen) atoms. The summed E-state index contributed by atoms with van der Waals surface area (Å²) in [6.45, 7) is 3.45. The van der Waals surface area contributed by atoms with Gasteiger partial charge in [-0.1, -0.05) is 42.5 Å². The van der Waals surface area contributed by atoms with E-state index in [1.807, 2.05) is 42.5 Å². The zero-order valence-electron chi connectivity index (χ0n) is 21.2. The van der Waals surface area contributed by atoms with Gasteiger partial charge in [0.15, 0.2) is 0 Å². The number of methoxy groups -OCH3 is 1. The standard InChI is InChI=1S/C28H36N2O6/c1-19(29-26(32)22-13-15-28(2,34)16-14-22)25(31)30-24(17-20-9-11-23(35-3)12-10-20)27(33)36-18-21-7-5-4-6-8-21/h4-12,19,22,24,34H,13-18H2,1-3H3,(H,29,32)(H,30,31)/t19-,22-,24+,28-/m1/s1. The maximum atomic E-state index is 13.0. The molecule has 0 spiro atoms. The molecule has 2 aromatic rings. The average Bonchev–Trinajstić information content (AvgIpc) is 2.87. The number of aliphatic hydroxyl groups is 1. The molecule has 194 valence electrons. The van der Waals surface area contributed by atoms with E-state index >= 15 is 0 Å². The molecule has 1 aliphatic rings. The molecule has 3 N–H and O–H groups in total. The van der Waals surface area contributed by atoms with Crippen molar-refractivity contribution in [2.24, 2.45) is 5.92 Å². The van der Waals surface area contributed by atoms with E-state index in [1.165, 1.54) is 0 Å². The number of hydrogen-bond acceptors (Lipinski definition) is 6. The lowest BCUT2D eigenvalue weighted by atomic mass is 9.79. The van der Waals surface area contributed by atoms with E-state index in [2.05, 4.69) is 10.6 Å². The fraction of sp³-hybridized carbons (Fsp3) is 0.464. The second kappa shape index (κ2) is 12.5. The summed E-state index contributed by atoms with van der Waals surface area (Å²) >= 11 is 0. The Hall–Kier alpha value is -3.39. The van der Waals surface area contributed by atoms with Gasteiger partial charge in [0.05, 0.1) is 12.7 Å². The monoisotopic (exact) mass is 496 g/mol. The normalized spacial score (nSPS) is 21.1. The summed E-state index contributed by atoms with van der Waals surface area (Å²) in [7, 11) is 1.57. The lowest BCUT2D eigenvalue weighted by molar-refractivity contribution is -0.149. The van der Waals surface area contributed by atoms with Gasteiger partial charge in [-0.05, 0) is 62.8 Å². The molecule has 0 saturated heterocycles. The van der Waals surface area contributed by atoms with Crippen LogP contribution in [-0.4, -0.2) is 47.7 Å². The Kier molecular flexibility index (Phi) is 9.47. The van der Waals surface area contributed by atoms with Crippen LogP contribution in [-0.2, 0) is 32.1 Å². The van der Waals surface area contributed by atoms with E-state index < -0.39 is 29.6 Å². The predicted octanol–water partition coefficient (Wildman–Crippen LogP) is 2.91. The van der Waals surface area contributed by atoms with Crippen molar-refractivity contribution in [1.29, 1.82) is 0 Å². The van der Waals surface area contributed by atoms with Crippen molar-refractivity contribution in [3.63, 3.8) is 0 Å². The van der Waals surface area contributed by atoms with Gasteiger partial charge < -0.3 is 25.2 Å². The number of esters is 1. The Morgan fingerprint density at radius 1 is 1.00 bits per heavy atom. The first-order valence-electron chi connectivity index (χ1n) is 12.3. The van der Waals surface area contributed by atoms with Crippen molar-refractivity contribution in [3.05, 3.63) is 65.7 Å². The Morgan fingerprint density at radius 3 is 2.25 bits per heavy atom. The van der Waals surface area contributed by atoms with Gasteiger partial charge in [-0.25, -0.2) is 4.79 Å². The molecular formula is C28H36N2O6. The highest BCUT2D eigenvalue weighted by molar-refractivity contribution is 5.91. The van der Waals surface area contributed by atoms with Crippen LogP contribution in [0, 0.1) is 5.92 Å². The highest BCUT2D eigenvalue weighted by atomic mass is 16.5. The fourth-order valence-corrected chi connectivity index (χ4v) is 4.22. The van der Waals surface area contributed by atoms with Crippen LogP contribution in [0.25, 0.3) is 0 Å². The van der Waals surface area contributed by atoms with Gasteiger partial charge in [0.25, 0.3) is 0 Å². The molecule has 8 heteroatoms. The maximum absolute atomic E-state index is 13.0. The molecule has 0 aliphatic heterocycles. The number of nitrogens with one attached hydrogen (secondary N) is 2. The number of carbonyl (C=O) groups excluding carboxylic acids is 3. The van der Waals surface area contributed by atoms with Crippen LogP contribution >= 0.6 is 0 Å². The number of hydrogen-bond donors (Lipinski definition) is 3. The van der Waals surface area contributed by atoms with E-state index in [1.54, 1.807) is 33.1 Å². The summed E-state index contributed by atoms with van der Waals surface area (Å²) in [4.78, 5) is 38.6. The number of benzene rings is 2. The molecule has 1 aliphatic carbocycles. The van der Waals surface area contributed by atoms with E-state index in [-0.39, 0.29) is 24.9 Å². The number of ether oxygens (including phenoxy) is 2. The van der Waals surface area contributed by atoms with Crippen LogP contribution < -0.4 is 15.4 Å². The minimum atomic E-state index is -0.932. The van der Waals surface area contributed by atoms with E-state index in [0.29, 0.717) is 31.4 Å². The third-order valence-electron chi connectivity index (χ3n) is 6.61. The van der Waals surface area contributed by atoms with Crippen LogP contribution in [0.5, 0.6) is 5.75 Å². The summed E-state index contributed by atoms with van der Waals surface area (Å²) < 4.78 is 10.7. The molecule has 0 unspecified atom stereocenters. The number of rotatable bonds is 10. The second-order valence-corrected chi connectivity index (χ2v) is 9.71. The predicted molar refractivity (Wildman–Crippen MR) is 135 cm³/mol. The zero-order chi connectivity index (χ0) is 26.1. The molecule has 1 fully saturated rings. The SMILES string of the molecule is COc1ccc(C[C@H](NC(=O)[C@@H](C)NC(=O)[C@H]2CC[C@](C)(O)CC2)C(=O)OCc2ccccc2)cc1. The van der Waals surface area contributed by atoms with Gasteiger partial charge in [0.1, 0.15) is 24.4 Å². The molecule has 2 atom stereocenters. The quantitative estimate of drug-likeness (QED) is 0.436. The number of amides is 2. The van der Waals surface area contributed by atoms with Gasteiger partial charge >= 0.3 is 5.97 Å². The first kappa shape index (κ1) is 27.2. The summed E-state index contributed by atoms with van der Waals surface area (Å²) in [6, 6.07) is 14.8. The Morgan fingerprint density at radius 2 is 1.64 bits per heavy atom. The molecule has 2 amide bonds. The zero-order valence-corrected chi connectivity index (χ0v) is 21.2. The van der Waals surface area contributed by atoms with Crippen molar-refractivity contribution in [1.82, 2.24) is 10.6 Å². The molecule has 0 bridgehead atoms. The van der Waals surface area contributed by atoms with Crippen LogP contribution in [0.3, 0.4) is 0 Å². The van der Waals surface area contributed by atoms with Gasteiger partial charge in [-0.2, -0.15) is 0 Å². The summed E-state index contributed by atoms with van der Waals surface area (Å²) in [6.07, 6.45) is 2.45. The minimum Gasteiger partial charge on any atom is -0.497 e. The largest absolute Gasteiger partial charge is 0.497 e. The van der Waals surface area contributed by atoms with E-state index in [0.717, 1.165) is 11.1 Å². The molecule has 3 rings (SSSR count). The highest BCUT2D eigenvalue weighted by Crippen LogP contribution is 2.31. The molecule has 0 radical (unpaired) electrons. The van der Waals surface area contributed by atoms with Gasteiger partial charge in [-0.3, -0.25) is 9.59 Å².